The summed E-state index contributed by atoms with van der Waals surface area (Å²) in [7, 11) is 0. The van der Waals surface area contributed by atoms with Crippen molar-refractivity contribution in [3.05, 3.63) is 29.8 Å². The molecule has 0 aliphatic rings. The lowest BCUT2D eigenvalue weighted by atomic mass is 10.1. The summed E-state index contributed by atoms with van der Waals surface area (Å²) < 4.78 is 25.1. The van der Waals surface area contributed by atoms with Gasteiger partial charge in [0.1, 0.15) is 0 Å². The topological polar surface area (TPSA) is 49.3 Å². The zero-order valence-electron chi connectivity index (χ0n) is 8.84. The summed E-state index contributed by atoms with van der Waals surface area (Å²) in [5.74, 6) is -3.74. The number of rotatable bonds is 5. The van der Waals surface area contributed by atoms with Crippen LogP contribution >= 0.6 is 0 Å². The number of hydrogen-bond acceptors (Lipinski definition) is 2. The van der Waals surface area contributed by atoms with Crippen LogP contribution in [-0.2, 0) is 11.2 Å². The van der Waals surface area contributed by atoms with Crippen LogP contribution in [0.25, 0.3) is 0 Å². The Labute approximate surface area is 92.1 Å². The van der Waals surface area contributed by atoms with Gasteiger partial charge in [-0.2, -0.15) is 0 Å². The number of carboxylic acid groups (broad SMARTS) is 1. The fourth-order valence-corrected chi connectivity index (χ4v) is 1.22. The molecule has 0 saturated carbocycles. The SMILES string of the molecule is CC(F)(F)CNc1cccc(CC(=O)O)c1. The van der Waals surface area contributed by atoms with Crippen molar-refractivity contribution >= 4 is 11.7 Å². The summed E-state index contributed by atoms with van der Waals surface area (Å²) in [5, 5.41) is 11.1. The van der Waals surface area contributed by atoms with Crippen LogP contribution in [0, 0.1) is 0 Å². The molecule has 0 aliphatic carbocycles. The molecule has 0 heterocycles. The van der Waals surface area contributed by atoms with Crippen molar-refractivity contribution in [2.75, 3.05) is 11.9 Å². The Balaban J connectivity index is 2.64. The summed E-state index contributed by atoms with van der Waals surface area (Å²) in [5.41, 5.74) is 1.08. The lowest BCUT2D eigenvalue weighted by molar-refractivity contribution is -0.136. The minimum atomic E-state index is -2.79. The first-order chi connectivity index (χ1) is 7.37. The molecule has 0 unspecified atom stereocenters. The van der Waals surface area contributed by atoms with E-state index in [2.05, 4.69) is 5.32 Å². The number of alkyl halides is 2. The lowest BCUT2D eigenvalue weighted by Gasteiger charge is -2.12. The molecule has 0 radical (unpaired) electrons. The Hall–Kier alpha value is -1.65. The average Bonchev–Trinajstić information content (AvgIpc) is 2.13. The van der Waals surface area contributed by atoms with E-state index in [1.165, 1.54) is 0 Å². The number of nitrogens with one attached hydrogen (secondary N) is 1. The number of benzene rings is 1. The molecule has 2 N–H and O–H groups in total. The van der Waals surface area contributed by atoms with E-state index in [-0.39, 0.29) is 6.42 Å². The standard InChI is InChI=1S/C11H13F2NO2/c1-11(12,13)7-14-9-4-2-3-8(5-9)6-10(15)16/h2-5,14H,6-7H2,1H3,(H,15,16). The van der Waals surface area contributed by atoms with Crippen LogP contribution in [0.2, 0.25) is 0 Å². The normalized spacial score (nSPS) is 11.2. The Bertz CT molecular complexity index is 374. The second-order valence-electron chi connectivity index (χ2n) is 3.69. The second kappa shape index (κ2) is 4.92. The molecule has 1 rings (SSSR count). The number of hydrogen-bond donors (Lipinski definition) is 2. The summed E-state index contributed by atoms with van der Waals surface area (Å²) in [6.45, 7) is 0.352. The number of carbonyl (C=O) groups is 1. The van der Waals surface area contributed by atoms with Gasteiger partial charge in [-0.05, 0) is 17.7 Å². The maximum absolute atomic E-state index is 12.6. The molecule has 0 aromatic heterocycles. The summed E-state index contributed by atoms with van der Waals surface area (Å²) >= 11 is 0. The molecular formula is C11H13F2NO2. The maximum atomic E-state index is 12.6. The van der Waals surface area contributed by atoms with Gasteiger partial charge in [-0.15, -0.1) is 0 Å². The fraction of sp³-hybridized carbons (Fsp3) is 0.364. The van der Waals surface area contributed by atoms with Crippen molar-refractivity contribution in [2.45, 2.75) is 19.3 Å². The zero-order valence-corrected chi connectivity index (χ0v) is 8.84. The van der Waals surface area contributed by atoms with Gasteiger partial charge in [-0.25, -0.2) is 8.78 Å². The van der Waals surface area contributed by atoms with Gasteiger partial charge in [0.15, 0.2) is 0 Å². The zero-order chi connectivity index (χ0) is 12.2. The van der Waals surface area contributed by atoms with Gasteiger partial charge >= 0.3 is 5.97 Å². The highest BCUT2D eigenvalue weighted by Gasteiger charge is 2.20. The molecule has 16 heavy (non-hydrogen) atoms. The third kappa shape index (κ3) is 4.72. The largest absolute Gasteiger partial charge is 0.481 e. The van der Waals surface area contributed by atoms with E-state index in [1.54, 1.807) is 24.3 Å². The van der Waals surface area contributed by atoms with Crippen molar-refractivity contribution in [3.63, 3.8) is 0 Å². The van der Waals surface area contributed by atoms with Crippen LogP contribution in [0.15, 0.2) is 24.3 Å². The van der Waals surface area contributed by atoms with Crippen LogP contribution in [0.1, 0.15) is 12.5 Å². The van der Waals surface area contributed by atoms with Gasteiger partial charge in [0.05, 0.1) is 13.0 Å². The first-order valence-corrected chi connectivity index (χ1v) is 4.79. The smallest absolute Gasteiger partial charge is 0.307 e. The van der Waals surface area contributed by atoms with E-state index < -0.39 is 18.4 Å². The number of carboxylic acids is 1. The molecular weight excluding hydrogens is 216 g/mol. The molecule has 1 aromatic rings. The summed E-state index contributed by atoms with van der Waals surface area (Å²) in [6.07, 6.45) is -0.113. The Kier molecular flexibility index (Phi) is 3.82. The molecule has 0 aliphatic heterocycles. The third-order valence-electron chi connectivity index (χ3n) is 1.89. The van der Waals surface area contributed by atoms with Gasteiger partial charge in [-0.3, -0.25) is 4.79 Å². The van der Waals surface area contributed by atoms with Crippen molar-refractivity contribution in [2.24, 2.45) is 0 Å². The third-order valence-corrected chi connectivity index (χ3v) is 1.89. The van der Waals surface area contributed by atoms with Crippen molar-refractivity contribution in [3.8, 4) is 0 Å². The lowest BCUT2D eigenvalue weighted by Crippen LogP contribution is -2.22. The monoisotopic (exact) mass is 229 g/mol. The first-order valence-electron chi connectivity index (χ1n) is 4.79. The molecule has 0 spiro atoms. The van der Waals surface area contributed by atoms with Gasteiger partial charge < -0.3 is 10.4 Å². The molecule has 1 aromatic carbocycles. The van der Waals surface area contributed by atoms with E-state index in [1.807, 2.05) is 0 Å². The van der Waals surface area contributed by atoms with Gasteiger partial charge in [-0.1, -0.05) is 12.1 Å². The van der Waals surface area contributed by atoms with Crippen LogP contribution in [0.4, 0.5) is 14.5 Å². The molecule has 0 amide bonds. The molecule has 0 atom stereocenters. The second-order valence-corrected chi connectivity index (χ2v) is 3.69. The van der Waals surface area contributed by atoms with Crippen LogP contribution in [0.5, 0.6) is 0 Å². The molecule has 5 heteroatoms. The van der Waals surface area contributed by atoms with E-state index in [0.717, 1.165) is 6.92 Å². The number of anilines is 1. The van der Waals surface area contributed by atoms with Gasteiger partial charge in [0, 0.05) is 12.6 Å². The highest BCUT2D eigenvalue weighted by molar-refractivity contribution is 5.70. The number of aliphatic carboxylic acids is 1. The van der Waals surface area contributed by atoms with E-state index in [9.17, 15) is 13.6 Å². The predicted molar refractivity (Wildman–Crippen MR) is 56.9 cm³/mol. The molecule has 0 saturated heterocycles. The Morgan fingerprint density at radius 3 is 2.75 bits per heavy atom. The van der Waals surface area contributed by atoms with Crippen LogP contribution < -0.4 is 5.32 Å². The summed E-state index contributed by atoms with van der Waals surface area (Å²) in [4.78, 5) is 10.5. The van der Waals surface area contributed by atoms with Gasteiger partial charge in [0.2, 0.25) is 0 Å². The molecule has 88 valence electrons. The first kappa shape index (κ1) is 12.4. The van der Waals surface area contributed by atoms with Crippen LogP contribution in [-0.4, -0.2) is 23.5 Å². The minimum Gasteiger partial charge on any atom is -0.481 e. The predicted octanol–water partition coefficient (Wildman–Crippen LogP) is 2.38. The van der Waals surface area contributed by atoms with E-state index >= 15 is 0 Å². The van der Waals surface area contributed by atoms with Crippen LogP contribution in [0.3, 0.4) is 0 Å². The molecule has 0 bridgehead atoms. The number of halogens is 2. The molecule has 3 nitrogen and oxygen atoms in total. The van der Waals surface area contributed by atoms with Gasteiger partial charge in [0.25, 0.3) is 5.92 Å². The highest BCUT2D eigenvalue weighted by atomic mass is 19.3. The van der Waals surface area contributed by atoms with E-state index in [0.29, 0.717) is 11.3 Å². The highest BCUT2D eigenvalue weighted by Crippen LogP contribution is 2.15. The summed E-state index contributed by atoms with van der Waals surface area (Å²) in [6, 6.07) is 6.45. The van der Waals surface area contributed by atoms with Crippen molar-refractivity contribution < 1.29 is 18.7 Å². The van der Waals surface area contributed by atoms with E-state index in [4.69, 9.17) is 5.11 Å². The minimum absolute atomic E-state index is 0.113. The Morgan fingerprint density at radius 1 is 1.50 bits per heavy atom. The van der Waals surface area contributed by atoms with Crippen molar-refractivity contribution in [1.29, 1.82) is 0 Å². The molecule has 0 fully saturated rings. The quantitative estimate of drug-likeness (QED) is 0.815. The fourth-order valence-electron chi connectivity index (χ4n) is 1.22. The van der Waals surface area contributed by atoms with Crippen molar-refractivity contribution in [1.82, 2.24) is 0 Å². The maximum Gasteiger partial charge on any atom is 0.307 e. The Morgan fingerprint density at radius 2 is 2.19 bits per heavy atom. The average molecular weight is 229 g/mol.